The summed E-state index contributed by atoms with van der Waals surface area (Å²) in [6.45, 7) is 5.49. The van der Waals surface area contributed by atoms with Crippen molar-refractivity contribution in [2.75, 3.05) is 31.2 Å². The maximum atomic E-state index is 13.4. The van der Waals surface area contributed by atoms with Crippen molar-refractivity contribution >= 4 is 32.6 Å². The Morgan fingerprint density at radius 3 is 2.74 bits per heavy atom. The first-order valence-electron chi connectivity index (χ1n) is 10.9. The van der Waals surface area contributed by atoms with E-state index in [-0.39, 0.29) is 30.6 Å². The first-order chi connectivity index (χ1) is 14.8. The zero-order valence-corrected chi connectivity index (χ0v) is 18.8. The zero-order chi connectivity index (χ0) is 22.0. The van der Waals surface area contributed by atoms with Gasteiger partial charge in [0, 0.05) is 45.0 Å². The molecule has 1 aliphatic heterocycles. The smallest absolute Gasteiger partial charge is 0.251 e. The maximum Gasteiger partial charge on any atom is 0.251 e. The van der Waals surface area contributed by atoms with Gasteiger partial charge in [0.25, 0.3) is 5.92 Å². The highest BCUT2D eigenvalue weighted by atomic mass is 32.1. The van der Waals surface area contributed by atoms with Crippen LogP contribution in [0.1, 0.15) is 46.0 Å². The molecule has 4 rings (SSSR count). The Labute approximate surface area is 184 Å². The molecule has 2 fully saturated rings. The first kappa shape index (κ1) is 22.3. The Balaban J connectivity index is 1.23. The SMILES string of the molecule is CC(=O)C[C@@H](C)COC1CC(COc2ccc3nc(N4CCC(F)(F)CC4)sc3n2)C1. The predicted molar refractivity (Wildman–Crippen MR) is 116 cm³/mol. The van der Waals surface area contributed by atoms with Gasteiger partial charge >= 0.3 is 0 Å². The van der Waals surface area contributed by atoms with Gasteiger partial charge < -0.3 is 19.2 Å². The normalized spacial score (nSPS) is 24.1. The van der Waals surface area contributed by atoms with Gasteiger partial charge in [-0.25, -0.2) is 18.7 Å². The van der Waals surface area contributed by atoms with E-state index in [0.29, 0.717) is 44.5 Å². The van der Waals surface area contributed by atoms with Gasteiger partial charge in [-0.2, -0.15) is 0 Å². The van der Waals surface area contributed by atoms with Crippen LogP contribution in [0.25, 0.3) is 10.3 Å². The van der Waals surface area contributed by atoms with E-state index < -0.39 is 5.92 Å². The number of piperidine rings is 1. The first-order valence-corrected chi connectivity index (χ1v) is 11.7. The number of alkyl halides is 2. The lowest BCUT2D eigenvalue weighted by Crippen LogP contribution is -2.39. The minimum atomic E-state index is -2.56. The highest BCUT2D eigenvalue weighted by Crippen LogP contribution is 2.35. The molecule has 0 N–H and O–H groups in total. The Bertz CT molecular complexity index is 907. The topological polar surface area (TPSA) is 64.6 Å². The Kier molecular flexibility index (Phi) is 6.71. The van der Waals surface area contributed by atoms with E-state index in [0.717, 1.165) is 28.3 Å². The molecule has 1 aliphatic carbocycles. The fraction of sp³-hybridized carbons (Fsp3) is 0.682. The van der Waals surface area contributed by atoms with Crippen molar-refractivity contribution in [1.82, 2.24) is 9.97 Å². The van der Waals surface area contributed by atoms with Crippen molar-refractivity contribution in [2.45, 2.75) is 58.0 Å². The van der Waals surface area contributed by atoms with Crippen molar-refractivity contribution in [2.24, 2.45) is 11.8 Å². The standard InChI is InChI=1S/C22H29F2N3O3S/c1-14(9-15(2)28)12-29-17-10-16(11-17)13-30-19-4-3-18-20(26-19)31-21(25-18)27-7-5-22(23,24)6-8-27/h3-4,14,16-17H,5-13H2,1-2H3/t14-,16?,17?/m1/s1. The average Bonchev–Trinajstić information content (AvgIpc) is 3.09. The molecule has 0 spiro atoms. The number of rotatable bonds is 9. The fourth-order valence-electron chi connectivity index (χ4n) is 4.03. The van der Waals surface area contributed by atoms with Gasteiger partial charge in [0.05, 0.1) is 12.7 Å². The predicted octanol–water partition coefficient (Wildman–Crippen LogP) is 4.72. The molecule has 2 aliphatic rings. The summed E-state index contributed by atoms with van der Waals surface area (Å²) in [5, 5.41) is 0.744. The van der Waals surface area contributed by atoms with Gasteiger partial charge in [-0.15, -0.1) is 0 Å². The number of carbonyl (C=O) groups excluding carboxylic acids is 1. The highest BCUT2D eigenvalue weighted by molar-refractivity contribution is 7.21. The van der Waals surface area contributed by atoms with Gasteiger partial charge in [-0.1, -0.05) is 18.3 Å². The quantitative estimate of drug-likeness (QED) is 0.548. The maximum absolute atomic E-state index is 13.4. The molecule has 31 heavy (non-hydrogen) atoms. The third-order valence-corrected chi connectivity index (χ3v) is 6.92. The molecule has 3 heterocycles. The molecule has 1 saturated carbocycles. The van der Waals surface area contributed by atoms with E-state index in [4.69, 9.17) is 9.47 Å². The van der Waals surface area contributed by atoms with E-state index in [1.165, 1.54) is 11.3 Å². The minimum absolute atomic E-state index is 0.132. The fourth-order valence-corrected chi connectivity index (χ4v) is 5.01. The largest absolute Gasteiger partial charge is 0.477 e. The number of anilines is 1. The number of ether oxygens (including phenoxy) is 2. The van der Waals surface area contributed by atoms with Crippen LogP contribution in [0, 0.1) is 11.8 Å². The lowest BCUT2D eigenvalue weighted by atomic mass is 9.83. The van der Waals surface area contributed by atoms with Crippen LogP contribution in [-0.2, 0) is 9.53 Å². The molecule has 9 heteroatoms. The number of Topliss-reactive ketones (excluding diaryl/α,β-unsaturated/α-hetero) is 1. The van der Waals surface area contributed by atoms with E-state index in [9.17, 15) is 13.6 Å². The van der Waals surface area contributed by atoms with E-state index in [1.54, 1.807) is 6.92 Å². The van der Waals surface area contributed by atoms with Gasteiger partial charge in [-0.05, 0) is 37.7 Å². The van der Waals surface area contributed by atoms with Crippen LogP contribution >= 0.6 is 11.3 Å². The molecule has 0 unspecified atom stereocenters. The van der Waals surface area contributed by atoms with Gasteiger partial charge in [0.15, 0.2) is 5.13 Å². The Hall–Kier alpha value is -1.87. The molecule has 2 aromatic heterocycles. The molecule has 1 saturated heterocycles. The Morgan fingerprint density at radius 2 is 2.03 bits per heavy atom. The molecule has 0 bridgehead atoms. The van der Waals surface area contributed by atoms with Crippen LogP contribution in [0.2, 0.25) is 0 Å². The molecule has 6 nitrogen and oxygen atoms in total. The van der Waals surface area contributed by atoms with Crippen molar-refractivity contribution in [3.05, 3.63) is 12.1 Å². The van der Waals surface area contributed by atoms with E-state index in [1.807, 2.05) is 24.0 Å². The number of halogens is 2. The molecular formula is C22H29F2N3O3S. The average molecular weight is 454 g/mol. The molecule has 1 atom stereocenters. The van der Waals surface area contributed by atoms with Gasteiger partial charge in [-0.3, -0.25) is 0 Å². The van der Waals surface area contributed by atoms with Crippen LogP contribution in [0.5, 0.6) is 5.88 Å². The number of nitrogens with zero attached hydrogens (tertiary/aromatic N) is 3. The number of thiazole rings is 1. The minimum Gasteiger partial charge on any atom is -0.477 e. The van der Waals surface area contributed by atoms with Crippen molar-refractivity contribution in [3.8, 4) is 5.88 Å². The molecular weight excluding hydrogens is 424 g/mol. The molecule has 2 aromatic rings. The van der Waals surface area contributed by atoms with Crippen molar-refractivity contribution in [3.63, 3.8) is 0 Å². The Morgan fingerprint density at radius 1 is 1.29 bits per heavy atom. The van der Waals surface area contributed by atoms with E-state index >= 15 is 0 Å². The third kappa shape index (κ3) is 5.88. The summed E-state index contributed by atoms with van der Waals surface area (Å²) in [5.74, 6) is -1.10. The number of hydrogen-bond donors (Lipinski definition) is 0. The second kappa shape index (κ2) is 9.32. The molecule has 0 aromatic carbocycles. The van der Waals surface area contributed by atoms with Crippen molar-refractivity contribution in [1.29, 1.82) is 0 Å². The van der Waals surface area contributed by atoms with Crippen LogP contribution in [0.4, 0.5) is 13.9 Å². The molecule has 0 amide bonds. The second-order valence-corrected chi connectivity index (χ2v) is 9.88. The number of fused-ring (bicyclic) bond motifs is 1. The summed E-state index contributed by atoms with van der Waals surface area (Å²) < 4.78 is 38.5. The summed E-state index contributed by atoms with van der Waals surface area (Å²) in [4.78, 5) is 22.9. The monoisotopic (exact) mass is 453 g/mol. The van der Waals surface area contributed by atoms with Crippen LogP contribution in [-0.4, -0.2) is 54.1 Å². The lowest BCUT2D eigenvalue weighted by molar-refractivity contribution is -0.119. The summed E-state index contributed by atoms with van der Waals surface area (Å²) in [7, 11) is 0. The number of aromatic nitrogens is 2. The third-order valence-electron chi connectivity index (χ3n) is 5.90. The van der Waals surface area contributed by atoms with Gasteiger partial charge in [0.1, 0.15) is 16.1 Å². The van der Waals surface area contributed by atoms with Crippen LogP contribution in [0.15, 0.2) is 12.1 Å². The number of pyridine rings is 1. The highest BCUT2D eigenvalue weighted by Gasteiger charge is 2.35. The summed E-state index contributed by atoms with van der Waals surface area (Å²) in [6, 6.07) is 3.69. The summed E-state index contributed by atoms with van der Waals surface area (Å²) >= 11 is 1.42. The summed E-state index contributed by atoms with van der Waals surface area (Å²) in [5.41, 5.74) is 0.765. The number of carbonyl (C=O) groups is 1. The number of ketones is 1. The molecule has 170 valence electrons. The van der Waals surface area contributed by atoms with Crippen molar-refractivity contribution < 1.29 is 23.0 Å². The van der Waals surface area contributed by atoms with Gasteiger partial charge in [0.2, 0.25) is 5.88 Å². The van der Waals surface area contributed by atoms with E-state index in [2.05, 4.69) is 9.97 Å². The summed E-state index contributed by atoms with van der Waals surface area (Å²) in [6.07, 6.45) is 2.47. The molecule has 0 radical (unpaired) electrons. The van der Waals surface area contributed by atoms with Crippen LogP contribution < -0.4 is 9.64 Å². The number of hydrogen-bond acceptors (Lipinski definition) is 7. The van der Waals surface area contributed by atoms with Crippen LogP contribution in [0.3, 0.4) is 0 Å². The second-order valence-electron chi connectivity index (χ2n) is 8.93. The zero-order valence-electron chi connectivity index (χ0n) is 18.0. The lowest BCUT2D eigenvalue weighted by Gasteiger charge is -2.35.